The van der Waals surface area contributed by atoms with Gasteiger partial charge in [0.2, 0.25) is 0 Å². The molecular formula is C20H25NO2S. The summed E-state index contributed by atoms with van der Waals surface area (Å²) in [5.41, 5.74) is 3.98. The predicted octanol–water partition coefficient (Wildman–Crippen LogP) is 4.66. The molecule has 1 aliphatic carbocycles. The van der Waals surface area contributed by atoms with Crippen molar-refractivity contribution in [2.45, 2.75) is 56.8 Å². The summed E-state index contributed by atoms with van der Waals surface area (Å²) in [6.07, 6.45) is 4.35. The second-order valence-electron chi connectivity index (χ2n) is 7.54. The maximum Gasteiger partial charge on any atom is 0.261 e. The van der Waals surface area contributed by atoms with E-state index in [1.807, 2.05) is 36.4 Å². The highest BCUT2D eigenvalue weighted by Crippen LogP contribution is 2.31. The van der Waals surface area contributed by atoms with Crippen LogP contribution in [0.4, 0.5) is 5.69 Å². The van der Waals surface area contributed by atoms with Crippen LogP contribution < -0.4 is 4.72 Å². The minimum atomic E-state index is -3.58. The van der Waals surface area contributed by atoms with Crippen molar-refractivity contribution in [3.63, 3.8) is 0 Å². The lowest BCUT2D eigenvalue weighted by Gasteiger charge is -2.23. The van der Waals surface area contributed by atoms with Crippen LogP contribution in [0.25, 0.3) is 0 Å². The van der Waals surface area contributed by atoms with Crippen LogP contribution in [0, 0.1) is 0 Å². The van der Waals surface area contributed by atoms with Gasteiger partial charge in [-0.15, -0.1) is 0 Å². The largest absolute Gasteiger partial charge is 0.279 e. The van der Waals surface area contributed by atoms with Crippen LogP contribution in [0.3, 0.4) is 0 Å². The smallest absolute Gasteiger partial charge is 0.261 e. The van der Waals surface area contributed by atoms with Gasteiger partial charge in [0, 0.05) is 0 Å². The summed E-state index contributed by atoms with van der Waals surface area (Å²) < 4.78 is 28.5. The second kappa shape index (κ2) is 6.25. The number of anilines is 1. The van der Waals surface area contributed by atoms with Gasteiger partial charge in [0.1, 0.15) is 0 Å². The summed E-state index contributed by atoms with van der Waals surface area (Å²) in [6.45, 7) is 6.25. The van der Waals surface area contributed by atoms with Crippen LogP contribution in [-0.2, 0) is 28.3 Å². The van der Waals surface area contributed by atoms with E-state index in [4.69, 9.17) is 0 Å². The molecule has 0 heterocycles. The first-order valence-electron chi connectivity index (χ1n) is 8.51. The summed E-state index contributed by atoms with van der Waals surface area (Å²) in [7, 11) is -3.58. The number of benzene rings is 2. The Labute approximate surface area is 145 Å². The topological polar surface area (TPSA) is 46.2 Å². The summed E-state index contributed by atoms with van der Waals surface area (Å²) in [6, 6.07) is 13.2. The Balaban J connectivity index is 1.96. The lowest BCUT2D eigenvalue weighted by molar-refractivity contribution is 0.590. The van der Waals surface area contributed by atoms with Crippen molar-refractivity contribution in [2.24, 2.45) is 0 Å². The highest BCUT2D eigenvalue weighted by molar-refractivity contribution is 7.92. The van der Waals surface area contributed by atoms with Gasteiger partial charge >= 0.3 is 0 Å². The van der Waals surface area contributed by atoms with Gasteiger partial charge in [0.05, 0.1) is 10.6 Å². The first-order valence-corrected chi connectivity index (χ1v) is 10.00. The Morgan fingerprint density at radius 3 is 2.29 bits per heavy atom. The van der Waals surface area contributed by atoms with E-state index in [0.717, 1.165) is 24.8 Å². The van der Waals surface area contributed by atoms with Crippen LogP contribution >= 0.6 is 0 Å². The zero-order chi connectivity index (χ0) is 17.4. The number of fused-ring (bicyclic) bond motifs is 1. The number of para-hydroxylation sites is 1. The van der Waals surface area contributed by atoms with Gasteiger partial charge in [-0.3, -0.25) is 4.72 Å². The standard InChI is InChI=1S/C20H25NO2S/c1-20(2,3)18-10-6-7-11-19(18)21-24(22,23)17-13-12-15-8-4-5-9-16(15)14-17/h6-7,10-14,21H,4-5,8-9H2,1-3H3. The van der Waals surface area contributed by atoms with Crippen molar-refractivity contribution < 1.29 is 8.42 Å². The Bertz CT molecular complexity index is 848. The quantitative estimate of drug-likeness (QED) is 0.881. The summed E-state index contributed by atoms with van der Waals surface area (Å²) in [4.78, 5) is 0.354. The number of hydrogen-bond acceptors (Lipinski definition) is 2. The fourth-order valence-electron chi connectivity index (χ4n) is 3.31. The predicted molar refractivity (Wildman–Crippen MR) is 99.0 cm³/mol. The molecule has 0 saturated carbocycles. The van der Waals surface area contributed by atoms with E-state index in [1.165, 1.54) is 17.5 Å². The monoisotopic (exact) mass is 343 g/mol. The number of aryl methyl sites for hydroxylation is 2. The molecule has 0 unspecified atom stereocenters. The van der Waals surface area contributed by atoms with Crippen LogP contribution in [0.15, 0.2) is 47.4 Å². The third-order valence-electron chi connectivity index (χ3n) is 4.61. The second-order valence-corrected chi connectivity index (χ2v) is 9.22. The number of hydrogen-bond donors (Lipinski definition) is 1. The lowest BCUT2D eigenvalue weighted by atomic mass is 9.86. The molecule has 0 atom stereocenters. The van der Waals surface area contributed by atoms with E-state index in [0.29, 0.717) is 10.6 Å². The number of nitrogens with one attached hydrogen (secondary N) is 1. The van der Waals surface area contributed by atoms with Crippen LogP contribution in [0.5, 0.6) is 0 Å². The maximum atomic E-state index is 12.9. The molecule has 2 aromatic carbocycles. The zero-order valence-electron chi connectivity index (χ0n) is 14.6. The molecule has 0 amide bonds. The fourth-order valence-corrected chi connectivity index (χ4v) is 4.44. The summed E-state index contributed by atoms with van der Waals surface area (Å²) in [5.74, 6) is 0. The molecule has 24 heavy (non-hydrogen) atoms. The Kier molecular flexibility index (Phi) is 4.43. The van der Waals surface area contributed by atoms with Crippen molar-refractivity contribution in [3.8, 4) is 0 Å². The molecular weight excluding hydrogens is 318 g/mol. The Morgan fingerprint density at radius 2 is 1.58 bits per heavy atom. The first-order chi connectivity index (χ1) is 11.3. The minimum Gasteiger partial charge on any atom is -0.279 e. The Morgan fingerprint density at radius 1 is 0.917 bits per heavy atom. The third-order valence-corrected chi connectivity index (χ3v) is 5.97. The molecule has 3 rings (SSSR count). The Hall–Kier alpha value is -1.81. The molecule has 128 valence electrons. The van der Waals surface area contributed by atoms with Crippen molar-refractivity contribution in [1.82, 2.24) is 0 Å². The fraction of sp³-hybridized carbons (Fsp3) is 0.400. The van der Waals surface area contributed by atoms with Crippen molar-refractivity contribution in [1.29, 1.82) is 0 Å². The normalized spacial score (nSPS) is 15.0. The molecule has 0 aromatic heterocycles. The SMILES string of the molecule is CC(C)(C)c1ccccc1NS(=O)(=O)c1ccc2c(c1)CCCC2. The highest BCUT2D eigenvalue weighted by Gasteiger charge is 2.22. The van der Waals surface area contributed by atoms with Crippen LogP contribution in [0.2, 0.25) is 0 Å². The minimum absolute atomic E-state index is 0.130. The average Bonchev–Trinajstić information content (AvgIpc) is 2.53. The molecule has 0 saturated heterocycles. The molecule has 0 spiro atoms. The van der Waals surface area contributed by atoms with E-state index in [9.17, 15) is 8.42 Å². The molecule has 2 aromatic rings. The highest BCUT2D eigenvalue weighted by atomic mass is 32.2. The first kappa shape index (κ1) is 17.0. The molecule has 4 heteroatoms. The maximum absolute atomic E-state index is 12.9. The lowest BCUT2D eigenvalue weighted by Crippen LogP contribution is -2.19. The zero-order valence-corrected chi connectivity index (χ0v) is 15.4. The summed E-state index contributed by atoms with van der Waals surface area (Å²) in [5, 5.41) is 0. The summed E-state index contributed by atoms with van der Waals surface area (Å²) >= 11 is 0. The molecule has 3 nitrogen and oxygen atoms in total. The van der Waals surface area contributed by atoms with Gasteiger partial charge in [-0.25, -0.2) is 8.42 Å². The van der Waals surface area contributed by atoms with Crippen LogP contribution in [-0.4, -0.2) is 8.42 Å². The van der Waals surface area contributed by atoms with Gasteiger partial charge in [0.25, 0.3) is 10.0 Å². The number of rotatable bonds is 3. The molecule has 0 aliphatic heterocycles. The average molecular weight is 343 g/mol. The van der Waals surface area contributed by atoms with Gasteiger partial charge in [-0.05, 0) is 66.0 Å². The van der Waals surface area contributed by atoms with Crippen molar-refractivity contribution >= 4 is 15.7 Å². The molecule has 0 radical (unpaired) electrons. The van der Waals surface area contributed by atoms with E-state index in [2.05, 4.69) is 25.5 Å². The molecule has 0 fully saturated rings. The van der Waals surface area contributed by atoms with Gasteiger partial charge in [0.15, 0.2) is 0 Å². The van der Waals surface area contributed by atoms with E-state index < -0.39 is 10.0 Å². The van der Waals surface area contributed by atoms with Gasteiger partial charge < -0.3 is 0 Å². The van der Waals surface area contributed by atoms with Crippen molar-refractivity contribution in [3.05, 3.63) is 59.2 Å². The van der Waals surface area contributed by atoms with E-state index in [-0.39, 0.29) is 5.41 Å². The van der Waals surface area contributed by atoms with Gasteiger partial charge in [-0.2, -0.15) is 0 Å². The molecule has 0 bridgehead atoms. The van der Waals surface area contributed by atoms with E-state index in [1.54, 1.807) is 6.07 Å². The van der Waals surface area contributed by atoms with Crippen LogP contribution in [0.1, 0.15) is 50.3 Å². The van der Waals surface area contributed by atoms with Crippen molar-refractivity contribution in [2.75, 3.05) is 4.72 Å². The number of sulfonamides is 1. The van der Waals surface area contributed by atoms with Gasteiger partial charge in [-0.1, -0.05) is 45.0 Å². The molecule has 1 aliphatic rings. The third kappa shape index (κ3) is 3.48. The van der Waals surface area contributed by atoms with E-state index >= 15 is 0 Å². The molecule has 1 N–H and O–H groups in total.